The first kappa shape index (κ1) is 11.8. The van der Waals surface area contributed by atoms with E-state index in [1.54, 1.807) is 4.80 Å². The van der Waals surface area contributed by atoms with Gasteiger partial charge in [0.15, 0.2) is 5.82 Å². The molecule has 1 saturated heterocycles. The highest BCUT2D eigenvalue weighted by molar-refractivity contribution is 9.10. The summed E-state index contributed by atoms with van der Waals surface area (Å²) in [7, 11) is 0. The Morgan fingerprint density at radius 3 is 3.06 bits per heavy atom. The Labute approximate surface area is 114 Å². The normalized spacial score (nSPS) is 19.3. The topological polar surface area (TPSA) is 55.6 Å². The minimum Gasteiger partial charge on any atom is -0.307 e. The molecule has 1 aromatic heterocycles. The van der Waals surface area contributed by atoms with E-state index in [2.05, 4.69) is 42.7 Å². The van der Waals surface area contributed by atoms with Gasteiger partial charge in [-0.2, -0.15) is 4.80 Å². The number of halogens is 1. The highest BCUT2D eigenvalue weighted by Crippen LogP contribution is 2.19. The SMILES string of the molecule is Brc1ccccc1Cn1nnc(C2CCCN2)n1. The van der Waals surface area contributed by atoms with Crippen LogP contribution in [-0.2, 0) is 6.54 Å². The van der Waals surface area contributed by atoms with Crippen LogP contribution < -0.4 is 5.32 Å². The molecule has 1 aliphatic heterocycles. The van der Waals surface area contributed by atoms with E-state index in [1.165, 1.54) is 6.42 Å². The van der Waals surface area contributed by atoms with Gasteiger partial charge in [0, 0.05) is 4.47 Å². The van der Waals surface area contributed by atoms with Crippen molar-refractivity contribution in [2.24, 2.45) is 0 Å². The lowest BCUT2D eigenvalue weighted by Crippen LogP contribution is -2.14. The van der Waals surface area contributed by atoms with Gasteiger partial charge in [-0.3, -0.25) is 0 Å². The summed E-state index contributed by atoms with van der Waals surface area (Å²) in [6, 6.07) is 8.36. The van der Waals surface area contributed by atoms with Crippen LogP contribution in [0.5, 0.6) is 0 Å². The van der Waals surface area contributed by atoms with Crippen LogP contribution in [0.25, 0.3) is 0 Å². The third kappa shape index (κ3) is 2.44. The molecule has 2 aromatic rings. The molecule has 0 amide bonds. The number of aromatic nitrogens is 4. The summed E-state index contributed by atoms with van der Waals surface area (Å²) in [5, 5.41) is 16.1. The molecule has 6 heteroatoms. The lowest BCUT2D eigenvalue weighted by atomic mass is 10.2. The van der Waals surface area contributed by atoms with Gasteiger partial charge in [0.2, 0.25) is 0 Å². The molecule has 1 N–H and O–H groups in total. The summed E-state index contributed by atoms with van der Waals surface area (Å²) in [4.78, 5) is 1.65. The summed E-state index contributed by atoms with van der Waals surface area (Å²) >= 11 is 3.53. The van der Waals surface area contributed by atoms with Crippen molar-refractivity contribution in [3.63, 3.8) is 0 Å². The molecule has 1 fully saturated rings. The minimum atomic E-state index is 0.276. The van der Waals surface area contributed by atoms with Crippen molar-refractivity contribution in [1.29, 1.82) is 0 Å². The van der Waals surface area contributed by atoms with E-state index in [0.717, 1.165) is 28.8 Å². The van der Waals surface area contributed by atoms with Gasteiger partial charge in [0.25, 0.3) is 0 Å². The van der Waals surface area contributed by atoms with Crippen molar-refractivity contribution in [2.75, 3.05) is 6.54 Å². The molecule has 1 aromatic carbocycles. The Hall–Kier alpha value is -1.27. The Balaban J connectivity index is 1.75. The van der Waals surface area contributed by atoms with Crippen molar-refractivity contribution in [2.45, 2.75) is 25.4 Å². The molecule has 0 bridgehead atoms. The maximum Gasteiger partial charge on any atom is 0.191 e. The monoisotopic (exact) mass is 307 g/mol. The molecule has 3 rings (SSSR count). The van der Waals surface area contributed by atoms with Crippen LogP contribution in [0, 0.1) is 0 Å². The number of tetrazole rings is 1. The Bertz CT molecular complexity index is 533. The van der Waals surface area contributed by atoms with Gasteiger partial charge >= 0.3 is 0 Å². The summed E-state index contributed by atoms with van der Waals surface area (Å²) in [5.74, 6) is 0.805. The zero-order chi connectivity index (χ0) is 12.4. The molecular formula is C12H14BrN5. The van der Waals surface area contributed by atoms with Gasteiger partial charge in [0.05, 0.1) is 12.6 Å². The van der Waals surface area contributed by atoms with Crippen LogP contribution in [0.15, 0.2) is 28.7 Å². The zero-order valence-corrected chi connectivity index (χ0v) is 11.5. The third-order valence-corrected chi connectivity index (χ3v) is 3.88. The predicted molar refractivity (Wildman–Crippen MR) is 71.0 cm³/mol. The van der Waals surface area contributed by atoms with E-state index in [-0.39, 0.29) is 6.04 Å². The molecule has 1 unspecified atom stereocenters. The standard InChI is InChI=1S/C12H14BrN5/c13-10-5-2-1-4-9(10)8-18-16-12(15-17-18)11-6-3-7-14-11/h1-2,4-5,11,14H,3,6-8H2. The number of nitrogens with zero attached hydrogens (tertiary/aromatic N) is 4. The van der Waals surface area contributed by atoms with E-state index in [9.17, 15) is 0 Å². The van der Waals surface area contributed by atoms with Crippen molar-refractivity contribution in [3.05, 3.63) is 40.1 Å². The Morgan fingerprint density at radius 2 is 2.28 bits per heavy atom. The Morgan fingerprint density at radius 1 is 1.39 bits per heavy atom. The molecule has 0 spiro atoms. The van der Waals surface area contributed by atoms with E-state index in [4.69, 9.17) is 0 Å². The molecule has 94 valence electrons. The number of nitrogens with one attached hydrogen (secondary N) is 1. The minimum absolute atomic E-state index is 0.276. The second kappa shape index (κ2) is 5.16. The van der Waals surface area contributed by atoms with Gasteiger partial charge < -0.3 is 5.32 Å². The molecule has 0 saturated carbocycles. The highest BCUT2D eigenvalue weighted by Gasteiger charge is 2.20. The average Bonchev–Trinajstić information content (AvgIpc) is 3.02. The molecule has 18 heavy (non-hydrogen) atoms. The number of hydrogen-bond acceptors (Lipinski definition) is 4. The molecule has 2 heterocycles. The van der Waals surface area contributed by atoms with Crippen LogP contribution in [0.2, 0.25) is 0 Å². The largest absolute Gasteiger partial charge is 0.307 e. The molecule has 1 atom stereocenters. The lowest BCUT2D eigenvalue weighted by Gasteiger charge is -2.03. The smallest absolute Gasteiger partial charge is 0.191 e. The maximum absolute atomic E-state index is 4.44. The number of hydrogen-bond donors (Lipinski definition) is 1. The molecule has 0 radical (unpaired) electrons. The highest BCUT2D eigenvalue weighted by atomic mass is 79.9. The summed E-state index contributed by atoms with van der Waals surface area (Å²) in [5.41, 5.74) is 1.15. The van der Waals surface area contributed by atoms with Gasteiger partial charge in [-0.1, -0.05) is 34.1 Å². The molecule has 5 nitrogen and oxygen atoms in total. The zero-order valence-electron chi connectivity index (χ0n) is 9.88. The van der Waals surface area contributed by atoms with E-state index < -0.39 is 0 Å². The fourth-order valence-corrected chi connectivity index (χ4v) is 2.56. The second-order valence-electron chi connectivity index (χ2n) is 4.42. The van der Waals surface area contributed by atoms with E-state index in [0.29, 0.717) is 6.54 Å². The predicted octanol–water partition coefficient (Wildman–Crippen LogP) is 1.91. The average molecular weight is 308 g/mol. The number of benzene rings is 1. The van der Waals surface area contributed by atoms with E-state index in [1.807, 2.05) is 18.2 Å². The van der Waals surface area contributed by atoms with Crippen LogP contribution in [-0.4, -0.2) is 26.8 Å². The maximum atomic E-state index is 4.44. The fraction of sp³-hybridized carbons (Fsp3) is 0.417. The third-order valence-electron chi connectivity index (χ3n) is 3.11. The quantitative estimate of drug-likeness (QED) is 0.941. The fourth-order valence-electron chi connectivity index (χ4n) is 2.15. The van der Waals surface area contributed by atoms with Crippen molar-refractivity contribution in [1.82, 2.24) is 25.5 Å². The first-order valence-electron chi connectivity index (χ1n) is 6.07. The van der Waals surface area contributed by atoms with Crippen molar-refractivity contribution in [3.8, 4) is 0 Å². The second-order valence-corrected chi connectivity index (χ2v) is 5.27. The molecular weight excluding hydrogens is 294 g/mol. The van der Waals surface area contributed by atoms with Crippen LogP contribution >= 0.6 is 15.9 Å². The van der Waals surface area contributed by atoms with Gasteiger partial charge in [-0.15, -0.1) is 10.2 Å². The van der Waals surface area contributed by atoms with E-state index >= 15 is 0 Å². The van der Waals surface area contributed by atoms with Gasteiger partial charge in [-0.25, -0.2) is 0 Å². The van der Waals surface area contributed by atoms with Crippen LogP contribution in [0.4, 0.5) is 0 Å². The molecule has 1 aliphatic rings. The summed E-state index contributed by atoms with van der Waals surface area (Å²) in [6.07, 6.45) is 2.28. The van der Waals surface area contributed by atoms with Crippen LogP contribution in [0.3, 0.4) is 0 Å². The summed E-state index contributed by atoms with van der Waals surface area (Å²) < 4.78 is 1.07. The first-order valence-corrected chi connectivity index (χ1v) is 6.87. The Kier molecular flexibility index (Phi) is 3.38. The van der Waals surface area contributed by atoms with Gasteiger partial charge in [0.1, 0.15) is 0 Å². The molecule has 0 aliphatic carbocycles. The number of rotatable bonds is 3. The van der Waals surface area contributed by atoms with Crippen molar-refractivity contribution < 1.29 is 0 Å². The van der Waals surface area contributed by atoms with Gasteiger partial charge in [-0.05, 0) is 36.2 Å². The van der Waals surface area contributed by atoms with Crippen LogP contribution in [0.1, 0.15) is 30.3 Å². The summed E-state index contributed by atoms with van der Waals surface area (Å²) in [6.45, 7) is 1.69. The lowest BCUT2D eigenvalue weighted by molar-refractivity contribution is 0.556. The van der Waals surface area contributed by atoms with Crippen molar-refractivity contribution >= 4 is 15.9 Å². The first-order chi connectivity index (χ1) is 8.83.